The number of para-hydroxylation sites is 2. The lowest BCUT2D eigenvalue weighted by Gasteiger charge is -2.12. The van der Waals surface area contributed by atoms with Gasteiger partial charge >= 0.3 is 0 Å². The van der Waals surface area contributed by atoms with E-state index in [-0.39, 0.29) is 17.8 Å². The van der Waals surface area contributed by atoms with Crippen LogP contribution >= 0.6 is 11.8 Å². The number of rotatable bonds is 7. The molecule has 0 saturated heterocycles. The average molecular weight is 269 g/mol. The van der Waals surface area contributed by atoms with E-state index in [2.05, 4.69) is 5.32 Å². The fourth-order valence-corrected chi connectivity index (χ4v) is 1.92. The highest BCUT2D eigenvalue weighted by atomic mass is 32.2. The summed E-state index contributed by atoms with van der Waals surface area (Å²) in [6, 6.07) is 7.34. The Balaban J connectivity index is 2.53. The normalized spacial score (nSPS) is 11.9. The lowest BCUT2D eigenvalue weighted by atomic mass is 10.3. The fourth-order valence-electron chi connectivity index (χ4n) is 1.31. The van der Waals surface area contributed by atoms with Crippen LogP contribution in [0.1, 0.15) is 13.8 Å². The zero-order chi connectivity index (χ0) is 13.4. The minimum atomic E-state index is -0.0903. The van der Waals surface area contributed by atoms with Crippen molar-refractivity contribution in [2.45, 2.75) is 19.1 Å². The van der Waals surface area contributed by atoms with Crippen LogP contribution in [-0.4, -0.2) is 35.2 Å². The second-order valence-electron chi connectivity index (χ2n) is 3.78. The quantitative estimate of drug-likeness (QED) is 0.796. The van der Waals surface area contributed by atoms with Crippen molar-refractivity contribution in [1.82, 2.24) is 0 Å². The van der Waals surface area contributed by atoms with Crippen LogP contribution in [0.15, 0.2) is 24.3 Å². The third kappa shape index (κ3) is 4.98. The summed E-state index contributed by atoms with van der Waals surface area (Å²) in [6.45, 7) is 4.42. The fraction of sp³-hybridized carbons (Fsp3) is 0.462. The molecule has 2 N–H and O–H groups in total. The Labute approximate surface area is 112 Å². The van der Waals surface area contributed by atoms with E-state index in [0.29, 0.717) is 23.8 Å². The standard InChI is InChI=1S/C13H19NO3S/c1-3-17-12-7-5-4-6-11(12)14-13(16)9-18-10(2)8-15/h4-7,10,15H,3,8-9H2,1-2H3,(H,14,16). The van der Waals surface area contributed by atoms with Crippen LogP contribution in [-0.2, 0) is 4.79 Å². The highest BCUT2D eigenvalue weighted by Crippen LogP contribution is 2.24. The molecule has 0 bridgehead atoms. The number of hydrogen-bond donors (Lipinski definition) is 2. The first-order chi connectivity index (χ1) is 8.67. The predicted molar refractivity (Wildman–Crippen MR) is 75.2 cm³/mol. The number of aliphatic hydroxyl groups is 1. The number of hydrogen-bond acceptors (Lipinski definition) is 4. The molecule has 0 radical (unpaired) electrons. The van der Waals surface area contributed by atoms with Crippen LogP contribution in [0.3, 0.4) is 0 Å². The van der Waals surface area contributed by atoms with E-state index in [1.165, 1.54) is 11.8 Å². The molecule has 0 aliphatic heterocycles. The summed E-state index contributed by atoms with van der Waals surface area (Å²) >= 11 is 1.42. The van der Waals surface area contributed by atoms with Crippen LogP contribution in [0.5, 0.6) is 5.75 Å². The first kappa shape index (κ1) is 14.9. The third-order valence-corrected chi connectivity index (χ3v) is 3.36. The lowest BCUT2D eigenvalue weighted by molar-refractivity contribution is -0.113. The Kier molecular flexibility index (Phi) is 6.60. The number of carbonyl (C=O) groups excluding carboxylic acids is 1. The van der Waals surface area contributed by atoms with Gasteiger partial charge in [0.25, 0.3) is 0 Å². The van der Waals surface area contributed by atoms with Crippen molar-refractivity contribution >= 4 is 23.4 Å². The van der Waals surface area contributed by atoms with Crippen LogP contribution in [0.25, 0.3) is 0 Å². The van der Waals surface area contributed by atoms with Crippen LogP contribution in [0, 0.1) is 0 Å². The van der Waals surface area contributed by atoms with Gasteiger partial charge in [0.1, 0.15) is 5.75 Å². The van der Waals surface area contributed by atoms with Crippen molar-refractivity contribution in [3.63, 3.8) is 0 Å². The summed E-state index contributed by atoms with van der Waals surface area (Å²) < 4.78 is 5.42. The maximum absolute atomic E-state index is 11.7. The van der Waals surface area contributed by atoms with Crippen LogP contribution < -0.4 is 10.1 Å². The van der Waals surface area contributed by atoms with Gasteiger partial charge in [-0.05, 0) is 19.1 Å². The third-order valence-electron chi connectivity index (χ3n) is 2.22. The molecule has 1 rings (SSSR count). The summed E-state index contributed by atoms with van der Waals surface area (Å²) in [5.74, 6) is 0.906. The zero-order valence-electron chi connectivity index (χ0n) is 10.7. The van der Waals surface area contributed by atoms with E-state index < -0.39 is 0 Å². The molecule has 1 amide bonds. The maximum Gasteiger partial charge on any atom is 0.234 e. The molecule has 4 nitrogen and oxygen atoms in total. The second-order valence-corrected chi connectivity index (χ2v) is 5.21. The second kappa shape index (κ2) is 8.00. The molecule has 0 fully saturated rings. The smallest absolute Gasteiger partial charge is 0.234 e. The van der Waals surface area contributed by atoms with E-state index in [1.807, 2.05) is 38.1 Å². The van der Waals surface area contributed by atoms with E-state index >= 15 is 0 Å². The number of thioether (sulfide) groups is 1. The maximum atomic E-state index is 11.7. The number of anilines is 1. The van der Waals surface area contributed by atoms with Crippen molar-refractivity contribution in [3.8, 4) is 5.75 Å². The Hall–Kier alpha value is -1.20. The number of nitrogens with one attached hydrogen (secondary N) is 1. The van der Waals surface area contributed by atoms with Crippen molar-refractivity contribution in [2.24, 2.45) is 0 Å². The molecule has 100 valence electrons. The molecule has 1 atom stereocenters. The van der Waals surface area contributed by atoms with Gasteiger partial charge in [0.05, 0.1) is 24.7 Å². The number of carbonyl (C=O) groups is 1. The number of aliphatic hydroxyl groups excluding tert-OH is 1. The Morgan fingerprint density at radius 2 is 2.22 bits per heavy atom. The SMILES string of the molecule is CCOc1ccccc1NC(=O)CSC(C)CO. The summed E-state index contributed by atoms with van der Waals surface area (Å²) in [5.41, 5.74) is 0.682. The monoisotopic (exact) mass is 269 g/mol. The molecule has 0 aliphatic carbocycles. The number of amides is 1. The molecule has 1 unspecified atom stereocenters. The van der Waals surface area contributed by atoms with Crippen LogP contribution in [0.2, 0.25) is 0 Å². The highest BCUT2D eigenvalue weighted by Gasteiger charge is 2.09. The number of ether oxygens (including phenoxy) is 1. The Bertz CT molecular complexity index is 384. The van der Waals surface area contributed by atoms with E-state index in [4.69, 9.17) is 9.84 Å². The minimum absolute atomic E-state index is 0.0675. The molecule has 0 aliphatic rings. The van der Waals surface area contributed by atoms with Crippen molar-refractivity contribution in [2.75, 3.05) is 24.3 Å². The van der Waals surface area contributed by atoms with Crippen molar-refractivity contribution in [1.29, 1.82) is 0 Å². The van der Waals surface area contributed by atoms with Gasteiger partial charge in [0, 0.05) is 5.25 Å². The first-order valence-corrected chi connectivity index (χ1v) is 6.96. The topological polar surface area (TPSA) is 58.6 Å². The Morgan fingerprint density at radius 1 is 1.50 bits per heavy atom. The molecule has 0 saturated carbocycles. The molecule has 0 aromatic heterocycles. The molecule has 0 spiro atoms. The molecular formula is C13H19NO3S. The molecule has 0 heterocycles. The largest absolute Gasteiger partial charge is 0.492 e. The van der Waals surface area contributed by atoms with Gasteiger partial charge in [0.15, 0.2) is 0 Å². The molecule has 1 aromatic carbocycles. The van der Waals surface area contributed by atoms with Gasteiger partial charge in [-0.15, -0.1) is 11.8 Å². The first-order valence-electron chi connectivity index (χ1n) is 5.91. The summed E-state index contributed by atoms with van der Waals surface area (Å²) in [4.78, 5) is 11.7. The van der Waals surface area contributed by atoms with Gasteiger partial charge in [-0.1, -0.05) is 19.1 Å². The highest BCUT2D eigenvalue weighted by molar-refractivity contribution is 8.00. The van der Waals surface area contributed by atoms with Gasteiger partial charge in [0.2, 0.25) is 5.91 Å². The summed E-state index contributed by atoms with van der Waals surface area (Å²) in [7, 11) is 0. The molecule has 18 heavy (non-hydrogen) atoms. The van der Waals surface area contributed by atoms with Gasteiger partial charge in [-0.25, -0.2) is 0 Å². The minimum Gasteiger partial charge on any atom is -0.492 e. The van der Waals surface area contributed by atoms with Crippen molar-refractivity contribution in [3.05, 3.63) is 24.3 Å². The van der Waals surface area contributed by atoms with Crippen LogP contribution in [0.4, 0.5) is 5.69 Å². The lowest BCUT2D eigenvalue weighted by Crippen LogP contribution is -2.17. The number of benzene rings is 1. The Morgan fingerprint density at radius 3 is 2.89 bits per heavy atom. The van der Waals surface area contributed by atoms with E-state index in [9.17, 15) is 4.79 Å². The van der Waals surface area contributed by atoms with Gasteiger partial charge in [-0.3, -0.25) is 4.79 Å². The predicted octanol–water partition coefficient (Wildman–Crippen LogP) is 2.14. The van der Waals surface area contributed by atoms with E-state index in [1.54, 1.807) is 0 Å². The molecule has 1 aromatic rings. The zero-order valence-corrected chi connectivity index (χ0v) is 11.5. The molecule has 5 heteroatoms. The average Bonchev–Trinajstić information content (AvgIpc) is 2.38. The van der Waals surface area contributed by atoms with Crippen molar-refractivity contribution < 1.29 is 14.6 Å². The van der Waals surface area contributed by atoms with E-state index in [0.717, 1.165) is 0 Å². The summed E-state index contributed by atoms with van der Waals surface area (Å²) in [6.07, 6.45) is 0. The van der Waals surface area contributed by atoms with Gasteiger partial charge in [-0.2, -0.15) is 0 Å². The van der Waals surface area contributed by atoms with Gasteiger partial charge < -0.3 is 15.2 Å². The molecular weight excluding hydrogens is 250 g/mol. The summed E-state index contributed by atoms with van der Waals surface area (Å²) in [5, 5.41) is 11.8.